The second-order valence-corrected chi connectivity index (χ2v) is 3.88. The Morgan fingerprint density at radius 3 is 2.21 bits per heavy atom. The van der Waals surface area contributed by atoms with E-state index in [0.717, 1.165) is 23.0 Å². The van der Waals surface area contributed by atoms with E-state index < -0.39 is 0 Å². The molecule has 0 spiro atoms. The van der Waals surface area contributed by atoms with Crippen LogP contribution in [0.4, 0.5) is 0 Å². The van der Waals surface area contributed by atoms with Crippen molar-refractivity contribution in [1.29, 1.82) is 0 Å². The van der Waals surface area contributed by atoms with E-state index in [0.29, 0.717) is 0 Å². The topological polar surface area (TPSA) is 17.1 Å². The molecule has 0 aliphatic carbocycles. The molecule has 19 heavy (non-hydrogen) atoms. The molecule has 3 aromatic carbocycles. The zero-order chi connectivity index (χ0) is 12.6. The number of hydrogen-bond donors (Lipinski definition) is 0. The molecule has 0 saturated carbocycles. The zero-order valence-corrected chi connectivity index (χ0v) is 11.4. The van der Waals surface area contributed by atoms with Crippen LogP contribution in [0.1, 0.15) is 10.4 Å². The van der Waals surface area contributed by atoms with Crippen molar-refractivity contribution in [1.82, 2.24) is 0 Å². The van der Waals surface area contributed by atoms with Crippen molar-refractivity contribution in [3.8, 4) is 11.1 Å². The number of benzene rings is 1. The van der Waals surface area contributed by atoms with Gasteiger partial charge in [-0.05, 0) is 0 Å². The van der Waals surface area contributed by atoms with Gasteiger partial charge in [0.15, 0.2) is 0 Å². The summed E-state index contributed by atoms with van der Waals surface area (Å²) in [6.07, 6.45) is 0.867. The SMILES string of the molecule is O=Cc1cccc(-c2ccc[cH-]2)c1.[Fe+2].c1cc[cH-]c1. The Morgan fingerprint density at radius 1 is 0.895 bits per heavy atom. The molecule has 0 saturated heterocycles. The Morgan fingerprint density at radius 2 is 1.68 bits per heavy atom. The molecule has 0 radical (unpaired) electrons. The van der Waals surface area contributed by atoms with Gasteiger partial charge in [-0.2, -0.15) is 42.0 Å². The molecule has 0 unspecified atom stereocenters. The number of rotatable bonds is 2. The summed E-state index contributed by atoms with van der Waals surface area (Å²) in [6.45, 7) is 0. The predicted molar refractivity (Wildman–Crippen MR) is 74.9 cm³/mol. The van der Waals surface area contributed by atoms with Gasteiger partial charge in [0.2, 0.25) is 0 Å². The molecular formula is C17H14FeO. The zero-order valence-electron chi connectivity index (χ0n) is 10.3. The summed E-state index contributed by atoms with van der Waals surface area (Å²) in [4.78, 5) is 10.5. The van der Waals surface area contributed by atoms with E-state index in [9.17, 15) is 4.79 Å². The van der Waals surface area contributed by atoms with Gasteiger partial charge in [-0.1, -0.05) is 29.8 Å². The van der Waals surface area contributed by atoms with E-state index in [1.165, 1.54) is 0 Å². The molecule has 0 aromatic heterocycles. The molecule has 96 valence electrons. The summed E-state index contributed by atoms with van der Waals surface area (Å²) < 4.78 is 0. The van der Waals surface area contributed by atoms with E-state index in [4.69, 9.17) is 0 Å². The first-order valence-corrected chi connectivity index (χ1v) is 5.84. The van der Waals surface area contributed by atoms with E-state index in [2.05, 4.69) is 0 Å². The molecule has 2 heteroatoms. The second kappa shape index (κ2) is 8.25. The van der Waals surface area contributed by atoms with Crippen molar-refractivity contribution in [2.75, 3.05) is 0 Å². The van der Waals surface area contributed by atoms with Crippen LogP contribution >= 0.6 is 0 Å². The van der Waals surface area contributed by atoms with Gasteiger partial charge < -0.3 is 0 Å². The van der Waals surface area contributed by atoms with Gasteiger partial charge in [-0.25, -0.2) is 12.1 Å². The predicted octanol–water partition coefficient (Wildman–Crippen LogP) is 4.29. The van der Waals surface area contributed by atoms with Crippen molar-refractivity contribution in [3.63, 3.8) is 0 Å². The third-order valence-corrected chi connectivity index (χ3v) is 2.57. The van der Waals surface area contributed by atoms with Crippen molar-refractivity contribution >= 4 is 6.29 Å². The van der Waals surface area contributed by atoms with Crippen molar-refractivity contribution in [3.05, 3.63) is 84.4 Å². The molecule has 1 nitrogen and oxygen atoms in total. The molecule has 0 N–H and O–H groups in total. The van der Waals surface area contributed by atoms with Gasteiger partial charge in [-0.15, -0.1) is 6.07 Å². The largest absolute Gasteiger partial charge is 2.00 e. The Bertz CT molecular complexity index is 548. The van der Waals surface area contributed by atoms with Crippen LogP contribution in [0.3, 0.4) is 0 Å². The summed E-state index contributed by atoms with van der Waals surface area (Å²) >= 11 is 0. The maximum absolute atomic E-state index is 10.5. The number of carbonyl (C=O) groups excluding carboxylic acids is 1. The molecule has 0 aliphatic heterocycles. The summed E-state index contributed by atoms with van der Waals surface area (Å²) in [5.74, 6) is 0. The molecule has 3 aromatic rings. The molecule has 0 heterocycles. The average Bonchev–Trinajstić information content (AvgIpc) is 3.14. The summed E-state index contributed by atoms with van der Waals surface area (Å²) in [7, 11) is 0. The van der Waals surface area contributed by atoms with Gasteiger partial charge in [-0.3, -0.25) is 4.79 Å². The van der Waals surface area contributed by atoms with Crippen LogP contribution < -0.4 is 0 Å². The standard InChI is InChI=1S/C12H9O.C5H5.Fe/c13-9-10-4-3-7-12(8-10)11-5-1-2-6-11;1-2-4-5-3-1;/h1-9H;1-5H;/q2*-1;+2. The van der Waals surface area contributed by atoms with Crippen LogP contribution in [-0.4, -0.2) is 6.29 Å². The van der Waals surface area contributed by atoms with Crippen molar-refractivity contribution in [2.45, 2.75) is 0 Å². The molecular weight excluding hydrogens is 276 g/mol. The Hall–Kier alpha value is -1.89. The summed E-state index contributed by atoms with van der Waals surface area (Å²) in [6, 6.07) is 25.6. The monoisotopic (exact) mass is 290 g/mol. The minimum atomic E-state index is 0. The van der Waals surface area contributed by atoms with Crippen LogP contribution in [0.2, 0.25) is 0 Å². The smallest absolute Gasteiger partial charge is 0.298 e. The Kier molecular flexibility index (Phi) is 6.59. The number of aldehydes is 1. The average molecular weight is 290 g/mol. The van der Waals surface area contributed by atoms with Crippen LogP contribution in [0.15, 0.2) is 78.9 Å². The van der Waals surface area contributed by atoms with Crippen molar-refractivity contribution < 1.29 is 21.9 Å². The molecule has 0 amide bonds. The number of carbonyl (C=O) groups is 1. The first-order valence-electron chi connectivity index (χ1n) is 5.84. The van der Waals surface area contributed by atoms with Crippen LogP contribution in [0, 0.1) is 0 Å². The quantitative estimate of drug-likeness (QED) is 0.391. The minimum Gasteiger partial charge on any atom is -0.298 e. The maximum Gasteiger partial charge on any atom is 2.00 e. The van der Waals surface area contributed by atoms with E-state index in [1.54, 1.807) is 6.07 Å². The van der Waals surface area contributed by atoms with E-state index in [-0.39, 0.29) is 17.1 Å². The van der Waals surface area contributed by atoms with Gasteiger partial charge in [0.1, 0.15) is 6.29 Å². The molecule has 0 atom stereocenters. The van der Waals surface area contributed by atoms with Gasteiger partial charge >= 0.3 is 17.1 Å². The summed E-state index contributed by atoms with van der Waals surface area (Å²) in [5.41, 5.74) is 2.97. The van der Waals surface area contributed by atoms with Crippen LogP contribution in [0.25, 0.3) is 11.1 Å². The van der Waals surface area contributed by atoms with Gasteiger partial charge in [0, 0.05) is 5.56 Å². The first kappa shape index (κ1) is 15.2. The fourth-order valence-corrected chi connectivity index (χ4v) is 1.68. The fourth-order valence-electron chi connectivity index (χ4n) is 1.68. The van der Waals surface area contributed by atoms with Gasteiger partial charge in [0.25, 0.3) is 0 Å². The first-order chi connectivity index (χ1) is 8.90. The third kappa shape index (κ3) is 4.70. The van der Waals surface area contributed by atoms with Crippen LogP contribution in [0.5, 0.6) is 0 Å². The minimum absolute atomic E-state index is 0. The Balaban J connectivity index is 0.000000256. The van der Waals surface area contributed by atoms with Crippen molar-refractivity contribution in [2.24, 2.45) is 0 Å². The van der Waals surface area contributed by atoms with Gasteiger partial charge in [0.05, 0.1) is 0 Å². The van der Waals surface area contributed by atoms with E-state index in [1.807, 2.05) is 72.8 Å². The Labute approximate surface area is 124 Å². The molecule has 3 rings (SSSR count). The normalized spacial score (nSPS) is 8.84. The molecule has 0 fully saturated rings. The summed E-state index contributed by atoms with van der Waals surface area (Å²) in [5, 5.41) is 0. The number of hydrogen-bond acceptors (Lipinski definition) is 1. The maximum atomic E-state index is 10.5. The molecule has 0 aliphatic rings. The second-order valence-electron chi connectivity index (χ2n) is 3.88. The fraction of sp³-hybridized carbons (Fsp3) is 0. The molecule has 0 bridgehead atoms. The van der Waals surface area contributed by atoms with Crippen LogP contribution in [-0.2, 0) is 17.1 Å². The van der Waals surface area contributed by atoms with E-state index >= 15 is 0 Å². The third-order valence-electron chi connectivity index (χ3n) is 2.57.